The molecular formula is C18H27FN2O3. The fourth-order valence-corrected chi connectivity index (χ4v) is 2.49. The maximum absolute atomic E-state index is 13.7. The van der Waals surface area contributed by atoms with Crippen molar-refractivity contribution in [3.05, 3.63) is 34.6 Å². The average Bonchev–Trinajstić information content (AvgIpc) is 3.34. The number of carbonyl (C=O) groups is 1. The molecule has 0 aromatic heterocycles. The lowest BCUT2D eigenvalue weighted by atomic mass is 10.0. The highest BCUT2D eigenvalue weighted by Gasteiger charge is 2.21. The molecule has 0 saturated heterocycles. The van der Waals surface area contributed by atoms with Crippen molar-refractivity contribution in [1.82, 2.24) is 10.6 Å². The van der Waals surface area contributed by atoms with Crippen LogP contribution in [-0.4, -0.2) is 37.0 Å². The van der Waals surface area contributed by atoms with Gasteiger partial charge in [0.2, 0.25) is 0 Å². The zero-order valence-electron chi connectivity index (χ0n) is 14.6. The molecule has 2 rings (SSSR count). The van der Waals surface area contributed by atoms with Crippen LogP contribution in [0.5, 0.6) is 0 Å². The van der Waals surface area contributed by atoms with Crippen LogP contribution in [0.2, 0.25) is 0 Å². The van der Waals surface area contributed by atoms with E-state index in [0.717, 1.165) is 5.56 Å². The predicted octanol–water partition coefficient (Wildman–Crippen LogP) is 2.59. The fourth-order valence-electron chi connectivity index (χ4n) is 2.49. The van der Waals surface area contributed by atoms with Crippen LogP contribution in [0.15, 0.2) is 12.1 Å². The minimum Gasteiger partial charge on any atom is -0.389 e. The Kier molecular flexibility index (Phi) is 6.57. The first kappa shape index (κ1) is 18.7. The number of hydrogen-bond donors (Lipinski definition) is 3. The van der Waals surface area contributed by atoms with Gasteiger partial charge in [-0.3, -0.25) is 0 Å². The lowest BCUT2D eigenvalue weighted by Crippen LogP contribution is -2.41. The summed E-state index contributed by atoms with van der Waals surface area (Å²) < 4.78 is 19.0. The van der Waals surface area contributed by atoms with E-state index < -0.39 is 6.10 Å². The van der Waals surface area contributed by atoms with E-state index in [2.05, 4.69) is 10.6 Å². The van der Waals surface area contributed by atoms with Gasteiger partial charge in [-0.1, -0.05) is 12.1 Å². The van der Waals surface area contributed by atoms with Crippen molar-refractivity contribution in [2.75, 3.05) is 19.8 Å². The summed E-state index contributed by atoms with van der Waals surface area (Å²) in [5.41, 5.74) is 1.96. The Morgan fingerprint density at radius 3 is 2.58 bits per heavy atom. The molecule has 2 unspecified atom stereocenters. The van der Waals surface area contributed by atoms with Crippen LogP contribution >= 0.6 is 0 Å². The molecule has 24 heavy (non-hydrogen) atoms. The van der Waals surface area contributed by atoms with Crippen LogP contribution in [0.4, 0.5) is 9.18 Å². The highest BCUT2D eigenvalue weighted by Crippen LogP contribution is 2.28. The van der Waals surface area contributed by atoms with Gasteiger partial charge in [0.05, 0.1) is 18.8 Å². The summed E-state index contributed by atoms with van der Waals surface area (Å²) in [5, 5.41) is 15.2. The van der Waals surface area contributed by atoms with Crippen molar-refractivity contribution >= 4 is 6.03 Å². The molecule has 0 heterocycles. The quantitative estimate of drug-likeness (QED) is 0.682. The number of benzene rings is 1. The molecule has 2 amide bonds. The predicted molar refractivity (Wildman–Crippen MR) is 90.4 cm³/mol. The van der Waals surface area contributed by atoms with Crippen molar-refractivity contribution in [2.24, 2.45) is 5.92 Å². The summed E-state index contributed by atoms with van der Waals surface area (Å²) in [6.45, 7) is 6.28. The summed E-state index contributed by atoms with van der Waals surface area (Å²) in [6, 6.07) is 2.83. The summed E-state index contributed by atoms with van der Waals surface area (Å²) in [7, 11) is 0. The molecule has 0 aliphatic heterocycles. The summed E-state index contributed by atoms with van der Waals surface area (Å²) in [4.78, 5) is 11.9. The second-order valence-corrected chi connectivity index (χ2v) is 6.68. The molecule has 0 spiro atoms. The van der Waals surface area contributed by atoms with Crippen molar-refractivity contribution < 1.29 is 19.0 Å². The van der Waals surface area contributed by atoms with Crippen LogP contribution in [-0.2, 0) is 4.74 Å². The van der Waals surface area contributed by atoms with Gasteiger partial charge in [0.1, 0.15) is 5.82 Å². The largest absolute Gasteiger partial charge is 0.389 e. The van der Waals surface area contributed by atoms with Gasteiger partial charge in [-0.2, -0.15) is 0 Å². The highest BCUT2D eigenvalue weighted by atomic mass is 19.1. The third kappa shape index (κ3) is 5.76. The Balaban J connectivity index is 1.72. The molecule has 1 aromatic rings. The van der Waals surface area contributed by atoms with Gasteiger partial charge >= 0.3 is 6.03 Å². The molecule has 2 atom stereocenters. The van der Waals surface area contributed by atoms with Gasteiger partial charge in [0.25, 0.3) is 0 Å². The number of carbonyl (C=O) groups excluding carboxylic acids is 1. The molecule has 134 valence electrons. The van der Waals surface area contributed by atoms with Crippen molar-refractivity contribution in [1.29, 1.82) is 0 Å². The molecule has 0 bridgehead atoms. The Hall–Kier alpha value is -1.66. The zero-order chi connectivity index (χ0) is 17.7. The Bertz CT molecular complexity index is 552. The highest BCUT2D eigenvalue weighted by molar-refractivity contribution is 5.74. The monoisotopic (exact) mass is 338 g/mol. The molecule has 0 radical (unpaired) electrons. The Morgan fingerprint density at radius 1 is 1.38 bits per heavy atom. The van der Waals surface area contributed by atoms with Crippen LogP contribution in [0.1, 0.15) is 42.5 Å². The molecule has 1 aliphatic carbocycles. The van der Waals surface area contributed by atoms with Crippen LogP contribution in [0.3, 0.4) is 0 Å². The van der Waals surface area contributed by atoms with Crippen LogP contribution in [0, 0.1) is 25.6 Å². The summed E-state index contributed by atoms with van der Waals surface area (Å²) in [5.74, 6) is 0.432. The molecule has 1 aromatic carbocycles. The van der Waals surface area contributed by atoms with Gasteiger partial charge in [0, 0.05) is 13.2 Å². The van der Waals surface area contributed by atoms with Crippen molar-refractivity contribution in [3.8, 4) is 0 Å². The normalized spacial score (nSPS) is 16.5. The number of ether oxygens (including phenoxy) is 1. The van der Waals surface area contributed by atoms with E-state index in [-0.39, 0.29) is 31.0 Å². The van der Waals surface area contributed by atoms with Gasteiger partial charge < -0.3 is 20.5 Å². The van der Waals surface area contributed by atoms with Crippen LogP contribution < -0.4 is 10.6 Å². The first-order valence-corrected chi connectivity index (χ1v) is 8.43. The van der Waals surface area contributed by atoms with Crippen molar-refractivity contribution in [3.63, 3.8) is 0 Å². The first-order chi connectivity index (χ1) is 11.4. The lowest BCUT2D eigenvalue weighted by molar-refractivity contribution is 0.0337. The summed E-state index contributed by atoms with van der Waals surface area (Å²) in [6.07, 6.45) is 1.69. The van der Waals surface area contributed by atoms with E-state index in [1.807, 2.05) is 6.92 Å². The van der Waals surface area contributed by atoms with Gasteiger partial charge in [-0.25, -0.2) is 9.18 Å². The number of aliphatic hydroxyl groups is 1. The SMILES string of the molecule is Cc1cc(C(C)NC(=O)NCC(O)COCC2CC2)cc(C)c1F. The number of urea groups is 1. The minimum absolute atomic E-state index is 0.130. The van der Waals surface area contributed by atoms with Crippen LogP contribution in [0.25, 0.3) is 0 Å². The van der Waals surface area contributed by atoms with E-state index in [9.17, 15) is 14.3 Å². The van der Waals surface area contributed by atoms with E-state index >= 15 is 0 Å². The standard InChI is InChI=1S/C18H27FN2O3/c1-11-6-15(7-12(2)17(11)19)13(3)21-18(23)20-8-16(22)10-24-9-14-4-5-14/h6-7,13-14,16,22H,4-5,8-10H2,1-3H3,(H2,20,21,23). The van der Waals surface area contributed by atoms with Gasteiger partial charge in [-0.15, -0.1) is 0 Å². The minimum atomic E-state index is -0.722. The molecule has 6 heteroatoms. The zero-order valence-corrected chi connectivity index (χ0v) is 14.6. The number of rotatable bonds is 8. The number of amides is 2. The average molecular weight is 338 g/mol. The maximum atomic E-state index is 13.7. The van der Waals surface area contributed by atoms with E-state index in [1.54, 1.807) is 26.0 Å². The van der Waals surface area contributed by atoms with E-state index in [4.69, 9.17) is 4.74 Å². The third-order valence-corrected chi connectivity index (χ3v) is 4.17. The number of aryl methyl sites for hydroxylation is 2. The molecule has 5 nitrogen and oxygen atoms in total. The molecule has 3 N–H and O–H groups in total. The lowest BCUT2D eigenvalue weighted by Gasteiger charge is -2.18. The topological polar surface area (TPSA) is 70.6 Å². The molecule has 1 aliphatic rings. The maximum Gasteiger partial charge on any atom is 0.315 e. The number of nitrogens with one attached hydrogen (secondary N) is 2. The Morgan fingerprint density at radius 2 is 2.00 bits per heavy atom. The molecular weight excluding hydrogens is 311 g/mol. The molecule has 1 fully saturated rings. The Labute approximate surface area is 142 Å². The summed E-state index contributed by atoms with van der Waals surface area (Å²) >= 11 is 0. The van der Waals surface area contributed by atoms with Gasteiger partial charge in [-0.05, 0) is 56.2 Å². The third-order valence-electron chi connectivity index (χ3n) is 4.17. The fraction of sp³-hybridized carbons (Fsp3) is 0.611. The van der Waals surface area contributed by atoms with Crippen molar-refractivity contribution in [2.45, 2.75) is 45.8 Å². The second-order valence-electron chi connectivity index (χ2n) is 6.68. The number of hydrogen-bond acceptors (Lipinski definition) is 3. The number of halogens is 1. The van der Waals surface area contributed by atoms with E-state index in [1.165, 1.54) is 12.8 Å². The number of aliphatic hydroxyl groups excluding tert-OH is 1. The molecule has 1 saturated carbocycles. The van der Waals surface area contributed by atoms with E-state index in [0.29, 0.717) is 23.7 Å². The second kappa shape index (κ2) is 8.44. The van der Waals surface area contributed by atoms with Gasteiger partial charge in [0.15, 0.2) is 0 Å². The smallest absolute Gasteiger partial charge is 0.315 e. The first-order valence-electron chi connectivity index (χ1n) is 8.43.